The molecule has 0 spiro atoms. The van der Waals surface area contributed by atoms with Crippen molar-refractivity contribution in [1.82, 2.24) is 0 Å². The lowest BCUT2D eigenvalue weighted by Gasteiger charge is -2.24. The summed E-state index contributed by atoms with van der Waals surface area (Å²) >= 11 is 0. The van der Waals surface area contributed by atoms with Crippen LogP contribution in [0.25, 0.3) is 0 Å². The number of para-hydroxylation sites is 1. The van der Waals surface area contributed by atoms with Crippen molar-refractivity contribution in [2.75, 3.05) is 9.62 Å². The number of rotatable bonds is 4. The monoisotopic (exact) mass is 358 g/mol. The molecule has 0 saturated carbocycles. The van der Waals surface area contributed by atoms with Gasteiger partial charge in [-0.25, -0.2) is 8.42 Å². The van der Waals surface area contributed by atoms with E-state index < -0.39 is 10.0 Å². The quantitative estimate of drug-likeness (QED) is 0.852. The first kappa shape index (κ1) is 17.2. The molecule has 25 heavy (non-hydrogen) atoms. The Morgan fingerprint density at radius 1 is 0.920 bits per heavy atom. The highest BCUT2D eigenvalue weighted by molar-refractivity contribution is 7.92. The highest BCUT2D eigenvalue weighted by Gasteiger charge is 2.27. The molecule has 1 fully saturated rings. The molecule has 130 valence electrons. The lowest BCUT2D eigenvalue weighted by atomic mass is 10.1. The fourth-order valence-electron chi connectivity index (χ4n) is 2.71. The van der Waals surface area contributed by atoms with Gasteiger partial charge < -0.3 is 0 Å². The van der Waals surface area contributed by atoms with E-state index in [0.29, 0.717) is 30.6 Å². The Labute approximate surface area is 146 Å². The van der Waals surface area contributed by atoms with Crippen LogP contribution >= 0.6 is 0 Å². The summed E-state index contributed by atoms with van der Waals surface area (Å²) in [5.41, 5.74) is 1.71. The van der Waals surface area contributed by atoms with Crippen molar-refractivity contribution in [2.45, 2.75) is 31.1 Å². The second kappa shape index (κ2) is 6.68. The van der Waals surface area contributed by atoms with Gasteiger partial charge in [0.1, 0.15) is 0 Å². The maximum Gasteiger partial charge on any atom is 0.261 e. The molecule has 1 heterocycles. The molecule has 0 aliphatic carbocycles. The van der Waals surface area contributed by atoms with Crippen molar-refractivity contribution in [3.8, 4) is 0 Å². The van der Waals surface area contributed by atoms with Crippen LogP contribution in [0.1, 0.15) is 24.8 Å². The van der Waals surface area contributed by atoms with Gasteiger partial charge in [-0.2, -0.15) is 0 Å². The number of nitrogens with one attached hydrogen (secondary N) is 1. The van der Waals surface area contributed by atoms with Crippen LogP contribution in [0.3, 0.4) is 0 Å². The summed E-state index contributed by atoms with van der Waals surface area (Å²) in [5, 5.41) is 0. The van der Waals surface area contributed by atoms with Gasteiger partial charge >= 0.3 is 0 Å². The molecule has 3 rings (SSSR count). The van der Waals surface area contributed by atoms with Crippen LogP contribution in [0, 0.1) is 6.92 Å². The minimum Gasteiger partial charge on any atom is -0.279 e. The van der Waals surface area contributed by atoms with Crippen LogP contribution in [0.2, 0.25) is 0 Å². The summed E-state index contributed by atoms with van der Waals surface area (Å²) < 4.78 is 27.6. The van der Waals surface area contributed by atoms with E-state index in [9.17, 15) is 18.0 Å². The molecule has 1 saturated heterocycles. The number of carbonyl (C=O) groups is 2. The van der Waals surface area contributed by atoms with Crippen molar-refractivity contribution < 1.29 is 18.0 Å². The number of hydrogen-bond donors (Lipinski definition) is 1. The summed E-state index contributed by atoms with van der Waals surface area (Å²) in [4.78, 5) is 25.1. The van der Waals surface area contributed by atoms with Crippen molar-refractivity contribution in [3.63, 3.8) is 0 Å². The standard InChI is InChI=1S/C18H18N2O4S/c1-13-5-2-3-6-16(13)19-25(23,24)15-11-9-14(10-12-15)20-17(21)7-4-8-18(20)22/h2-3,5-6,9-12,19H,4,7-8H2,1H3. The number of carbonyl (C=O) groups excluding carboxylic acids is 2. The molecule has 2 amide bonds. The Morgan fingerprint density at radius 2 is 1.52 bits per heavy atom. The van der Waals surface area contributed by atoms with Gasteiger partial charge in [-0.1, -0.05) is 18.2 Å². The third-order valence-corrected chi connectivity index (χ3v) is 5.46. The summed E-state index contributed by atoms with van der Waals surface area (Å²) in [7, 11) is -3.75. The molecular formula is C18H18N2O4S. The number of amides is 2. The maximum atomic E-state index is 12.5. The van der Waals surface area contributed by atoms with E-state index in [2.05, 4.69) is 4.72 Å². The smallest absolute Gasteiger partial charge is 0.261 e. The van der Waals surface area contributed by atoms with Gasteiger partial charge in [-0.05, 0) is 49.2 Å². The fraction of sp³-hybridized carbons (Fsp3) is 0.222. The summed E-state index contributed by atoms with van der Waals surface area (Å²) in [6.45, 7) is 1.81. The van der Waals surface area contributed by atoms with Crippen LogP contribution in [0.4, 0.5) is 11.4 Å². The number of benzene rings is 2. The molecule has 0 atom stereocenters. The first-order valence-electron chi connectivity index (χ1n) is 7.93. The first-order valence-corrected chi connectivity index (χ1v) is 9.41. The molecule has 1 N–H and O–H groups in total. The zero-order valence-corrected chi connectivity index (χ0v) is 14.5. The predicted octanol–water partition coefficient (Wildman–Crippen LogP) is 2.84. The highest BCUT2D eigenvalue weighted by atomic mass is 32.2. The van der Waals surface area contributed by atoms with Gasteiger partial charge in [0.15, 0.2) is 0 Å². The van der Waals surface area contributed by atoms with Crippen molar-refractivity contribution >= 4 is 33.2 Å². The number of aryl methyl sites for hydroxylation is 1. The van der Waals surface area contributed by atoms with E-state index in [1.807, 2.05) is 19.1 Å². The average Bonchev–Trinajstić information content (AvgIpc) is 2.57. The Morgan fingerprint density at radius 3 is 2.12 bits per heavy atom. The zero-order valence-electron chi connectivity index (χ0n) is 13.7. The number of hydrogen-bond acceptors (Lipinski definition) is 4. The minimum atomic E-state index is -3.75. The number of nitrogens with zero attached hydrogens (tertiary/aromatic N) is 1. The maximum absolute atomic E-state index is 12.5. The number of anilines is 2. The van der Waals surface area contributed by atoms with Crippen LogP contribution in [-0.4, -0.2) is 20.2 Å². The lowest BCUT2D eigenvalue weighted by Crippen LogP contribution is -2.40. The van der Waals surface area contributed by atoms with Crippen LogP contribution in [0.15, 0.2) is 53.4 Å². The van der Waals surface area contributed by atoms with E-state index in [1.165, 1.54) is 24.3 Å². The van der Waals surface area contributed by atoms with Crippen molar-refractivity contribution in [2.24, 2.45) is 0 Å². The molecule has 1 aliphatic heterocycles. The second-order valence-corrected chi connectivity index (χ2v) is 7.57. The molecule has 0 unspecified atom stereocenters. The van der Waals surface area contributed by atoms with Crippen LogP contribution in [0.5, 0.6) is 0 Å². The largest absolute Gasteiger partial charge is 0.279 e. The van der Waals surface area contributed by atoms with E-state index in [1.54, 1.807) is 12.1 Å². The SMILES string of the molecule is Cc1ccccc1NS(=O)(=O)c1ccc(N2C(=O)CCCC2=O)cc1. The van der Waals surface area contributed by atoms with E-state index in [0.717, 1.165) is 10.5 Å². The minimum absolute atomic E-state index is 0.0661. The van der Waals surface area contributed by atoms with Gasteiger partial charge in [-0.15, -0.1) is 0 Å². The Balaban J connectivity index is 1.85. The highest BCUT2D eigenvalue weighted by Crippen LogP contribution is 2.25. The molecule has 7 heteroatoms. The van der Waals surface area contributed by atoms with Gasteiger partial charge in [0.2, 0.25) is 11.8 Å². The number of sulfonamides is 1. The summed E-state index contributed by atoms with van der Waals surface area (Å²) in [6, 6.07) is 12.8. The normalized spacial score (nSPS) is 15.3. The third kappa shape index (κ3) is 3.56. The third-order valence-electron chi connectivity index (χ3n) is 4.07. The number of imide groups is 1. The molecule has 2 aromatic rings. The Bertz CT molecular complexity index is 904. The first-order chi connectivity index (χ1) is 11.9. The van der Waals surface area contributed by atoms with Crippen molar-refractivity contribution in [3.05, 3.63) is 54.1 Å². The predicted molar refractivity (Wildman–Crippen MR) is 94.8 cm³/mol. The molecule has 6 nitrogen and oxygen atoms in total. The van der Waals surface area contributed by atoms with E-state index in [-0.39, 0.29) is 16.7 Å². The van der Waals surface area contributed by atoms with Crippen LogP contribution in [-0.2, 0) is 19.6 Å². The van der Waals surface area contributed by atoms with E-state index in [4.69, 9.17) is 0 Å². The van der Waals surface area contributed by atoms with E-state index >= 15 is 0 Å². The topological polar surface area (TPSA) is 83.6 Å². The van der Waals surface area contributed by atoms with Gasteiger partial charge in [0.05, 0.1) is 16.3 Å². The summed E-state index contributed by atoms with van der Waals surface area (Å²) in [5.74, 6) is -0.519. The molecule has 1 aliphatic rings. The van der Waals surface area contributed by atoms with Gasteiger partial charge in [-0.3, -0.25) is 19.2 Å². The van der Waals surface area contributed by atoms with Gasteiger partial charge in [0, 0.05) is 12.8 Å². The van der Waals surface area contributed by atoms with Crippen molar-refractivity contribution in [1.29, 1.82) is 0 Å². The molecule has 0 radical (unpaired) electrons. The molecule has 2 aromatic carbocycles. The molecule has 0 bridgehead atoms. The molecular weight excluding hydrogens is 340 g/mol. The van der Waals surface area contributed by atoms with Gasteiger partial charge in [0.25, 0.3) is 10.0 Å². The Kier molecular flexibility index (Phi) is 4.59. The second-order valence-electron chi connectivity index (χ2n) is 5.89. The fourth-order valence-corrected chi connectivity index (χ4v) is 3.84. The molecule has 0 aromatic heterocycles. The lowest BCUT2D eigenvalue weighted by molar-refractivity contribution is -0.129. The number of piperidine rings is 1. The zero-order chi connectivity index (χ0) is 18.0. The average molecular weight is 358 g/mol. The van der Waals surface area contributed by atoms with Crippen LogP contribution < -0.4 is 9.62 Å². The summed E-state index contributed by atoms with van der Waals surface area (Å²) in [6.07, 6.45) is 1.20. The Hall–Kier alpha value is -2.67.